The highest BCUT2D eigenvalue weighted by Crippen LogP contribution is 2.39. The van der Waals surface area contributed by atoms with Gasteiger partial charge in [-0.1, -0.05) is 0 Å². The molecule has 0 bridgehead atoms. The summed E-state index contributed by atoms with van der Waals surface area (Å²) in [6, 6.07) is 0. The molecular weight excluding hydrogens is 315 g/mol. The van der Waals surface area contributed by atoms with Crippen molar-refractivity contribution in [1.82, 2.24) is 9.88 Å². The molecule has 118 valence electrons. The van der Waals surface area contributed by atoms with E-state index in [2.05, 4.69) is 4.98 Å². The number of carbonyl (C=O) groups excluding carboxylic acids is 1. The Morgan fingerprint density at radius 1 is 1.52 bits per heavy atom. The quantitative estimate of drug-likeness (QED) is 0.765. The number of thiazole rings is 1. The van der Waals surface area contributed by atoms with Crippen LogP contribution in [0.4, 0.5) is 9.18 Å². The Hall–Kier alpha value is -0.880. The van der Waals surface area contributed by atoms with Crippen LogP contribution in [0.1, 0.15) is 43.5 Å². The van der Waals surface area contributed by atoms with Crippen molar-refractivity contribution in [2.45, 2.75) is 50.8 Å². The highest BCUT2D eigenvalue weighted by atomic mass is 35.5. The Morgan fingerprint density at radius 2 is 2.14 bits per heavy atom. The van der Waals surface area contributed by atoms with Gasteiger partial charge in [0, 0.05) is 37.0 Å². The molecule has 0 aliphatic carbocycles. The van der Waals surface area contributed by atoms with Crippen molar-refractivity contribution in [2.24, 2.45) is 0 Å². The van der Waals surface area contributed by atoms with Crippen LogP contribution in [0, 0.1) is 0 Å². The number of aromatic nitrogens is 1. The third kappa shape index (κ3) is 4.07. The Morgan fingerprint density at radius 3 is 2.62 bits per heavy atom. The molecule has 0 atom stereocenters. The number of piperidine rings is 1. The molecule has 0 unspecified atom stereocenters. The molecule has 21 heavy (non-hydrogen) atoms. The number of nitrogens with zero attached hydrogens (tertiary/aromatic N) is 2. The number of alkyl halides is 2. The van der Waals surface area contributed by atoms with Crippen LogP contribution >= 0.6 is 22.9 Å². The lowest BCUT2D eigenvalue weighted by atomic mass is 9.94. The van der Waals surface area contributed by atoms with Gasteiger partial charge in [0.1, 0.15) is 10.6 Å². The van der Waals surface area contributed by atoms with Crippen molar-refractivity contribution in [2.75, 3.05) is 13.1 Å². The first kappa shape index (κ1) is 16.5. The minimum atomic E-state index is -1.46. The molecule has 4 nitrogen and oxygen atoms in total. The van der Waals surface area contributed by atoms with Crippen LogP contribution in [0.2, 0.25) is 0 Å². The molecule has 1 aromatic rings. The Balaban J connectivity index is 1.97. The summed E-state index contributed by atoms with van der Waals surface area (Å²) in [5.41, 5.74) is -2.00. The fourth-order valence-corrected chi connectivity index (χ4v) is 3.29. The summed E-state index contributed by atoms with van der Waals surface area (Å²) >= 11 is 7.03. The lowest BCUT2D eigenvalue weighted by Gasteiger charge is -2.36. The molecule has 2 rings (SSSR count). The monoisotopic (exact) mass is 334 g/mol. The number of hydrogen-bond acceptors (Lipinski definition) is 4. The maximum atomic E-state index is 15.0. The smallest absolute Gasteiger partial charge is 0.410 e. The molecule has 0 saturated carbocycles. The molecule has 1 aliphatic rings. The van der Waals surface area contributed by atoms with Gasteiger partial charge in [0.25, 0.3) is 0 Å². The van der Waals surface area contributed by atoms with E-state index in [0.29, 0.717) is 24.0 Å². The van der Waals surface area contributed by atoms with Gasteiger partial charge >= 0.3 is 6.09 Å². The summed E-state index contributed by atoms with van der Waals surface area (Å²) in [6.45, 7) is 6.12. The number of rotatable bonds is 2. The fourth-order valence-electron chi connectivity index (χ4n) is 2.16. The van der Waals surface area contributed by atoms with E-state index in [9.17, 15) is 9.18 Å². The zero-order valence-electron chi connectivity index (χ0n) is 12.5. The predicted molar refractivity (Wildman–Crippen MR) is 81.5 cm³/mol. The van der Waals surface area contributed by atoms with E-state index in [4.69, 9.17) is 16.3 Å². The molecule has 0 aromatic carbocycles. The van der Waals surface area contributed by atoms with Crippen LogP contribution in [0.3, 0.4) is 0 Å². The predicted octanol–water partition coefficient (Wildman–Crippen LogP) is 4.08. The average molecular weight is 335 g/mol. The summed E-state index contributed by atoms with van der Waals surface area (Å²) < 4.78 is 20.3. The lowest BCUT2D eigenvalue weighted by molar-refractivity contribution is 0.00216. The third-order valence-corrected chi connectivity index (χ3v) is 4.90. The van der Waals surface area contributed by atoms with Gasteiger partial charge in [-0.15, -0.1) is 22.9 Å². The Kier molecular flexibility index (Phi) is 4.78. The minimum absolute atomic E-state index is 0.238. The zero-order valence-corrected chi connectivity index (χ0v) is 14.1. The molecule has 1 amide bonds. The molecule has 0 radical (unpaired) electrons. The van der Waals surface area contributed by atoms with Crippen molar-refractivity contribution < 1.29 is 13.9 Å². The first-order chi connectivity index (χ1) is 9.73. The van der Waals surface area contributed by atoms with Crippen LogP contribution in [0.15, 0.2) is 6.20 Å². The molecule has 7 heteroatoms. The standard InChI is InChI=1S/C14H20ClFN2O2S/c1-13(2,3)20-12(19)18-6-4-14(16,5-7-18)11-17-9-10(8-15)21-11/h9H,4-8H2,1-3H3. The van der Waals surface area contributed by atoms with E-state index < -0.39 is 11.3 Å². The number of amides is 1. The van der Waals surface area contributed by atoms with Crippen LogP contribution in [0.5, 0.6) is 0 Å². The van der Waals surface area contributed by atoms with Crippen LogP contribution in [-0.4, -0.2) is 34.7 Å². The summed E-state index contributed by atoms with van der Waals surface area (Å²) in [5, 5.41) is 0.460. The van der Waals surface area contributed by atoms with E-state index in [-0.39, 0.29) is 18.9 Å². The van der Waals surface area contributed by atoms with Crippen LogP contribution in [-0.2, 0) is 16.3 Å². The van der Waals surface area contributed by atoms with Crippen molar-refractivity contribution in [3.05, 3.63) is 16.1 Å². The largest absolute Gasteiger partial charge is 0.444 e. The van der Waals surface area contributed by atoms with Gasteiger partial charge in [0.15, 0.2) is 5.67 Å². The molecule has 0 N–H and O–H groups in total. The minimum Gasteiger partial charge on any atom is -0.444 e. The molecule has 0 spiro atoms. The topological polar surface area (TPSA) is 42.4 Å². The number of halogens is 2. The molecular formula is C14H20ClFN2O2S. The second-order valence-corrected chi connectivity index (χ2v) is 7.58. The van der Waals surface area contributed by atoms with E-state index >= 15 is 0 Å². The molecule has 1 fully saturated rings. The van der Waals surface area contributed by atoms with Gasteiger partial charge in [0.05, 0.1) is 5.88 Å². The third-order valence-electron chi connectivity index (χ3n) is 3.28. The zero-order chi connectivity index (χ0) is 15.7. The normalized spacial score (nSPS) is 18.6. The number of hydrogen-bond donors (Lipinski definition) is 0. The van der Waals surface area contributed by atoms with E-state index in [1.165, 1.54) is 11.3 Å². The number of ether oxygens (including phenoxy) is 1. The molecule has 2 heterocycles. The lowest BCUT2D eigenvalue weighted by Crippen LogP contribution is -2.45. The Bertz CT molecular complexity index is 507. The maximum absolute atomic E-state index is 15.0. The highest BCUT2D eigenvalue weighted by Gasteiger charge is 2.40. The first-order valence-electron chi connectivity index (χ1n) is 6.91. The van der Waals surface area contributed by atoms with Crippen molar-refractivity contribution in [3.63, 3.8) is 0 Å². The molecule has 1 saturated heterocycles. The van der Waals surface area contributed by atoms with E-state index in [1.54, 1.807) is 11.1 Å². The summed E-state index contributed by atoms with van der Waals surface area (Å²) in [6.07, 6.45) is 1.71. The van der Waals surface area contributed by atoms with Crippen LogP contribution in [0.25, 0.3) is 0 Å². The second-order valence-electron chi connectivity index (χ2n) is 6.20. The van der Waals surface area contributed by atoms with E-state index in [0.717, 1.165) is 4.88 Å². The molecule has 1 aliphatic heterocycles. The van der Waals surface area contributed by atoms with Crippen LogP contribution < -0.4 is 0 Å². The van der Waals surface area contributed by atoms with Gasteiger partial charge in [0.2, 0.25) is 0 Å². The van der Waals surface area contributed by atoms with Gasteiger partial charge in [-0.05, 0) is 20.8 Å². The summed E-state index contributed by atoms with van der Waals surface area (Å²) in [5.74, 6) is 0.345. The highest BCUT2D eigenvalue weighted by molar-refractivity contribution is 7.11. The van der Waals surface area contributed by atoms with Crippen molar-refractivity contribution in [1.29, 1.82) is 0 Å². The number of likely N-dealkylation sites (tertiary alicyclic amines) is 1. The maximum Gasteiger partial charge on any atom is 0.410 e. The average Bonchev–Trinajstić information content (AvgIpc) is 2.87. The summed E-state index contributed by atoms with van der Waals surface area (Å²) in [7, 11) is 0. The molecule has 1 aromatic heterocycles. The Labute approximate surface area is 133 Å². The van der Waals surface area contributed by atoms with E-state index in [1.807, 2.05) is 20.8 Å². The van der Waals surface area contributed by atoms with Gasteiger partial charge < -0.3 is 9.64 Å². The van der Waals surface area contributed by atoms with Crippen molar-refractivity contribution >= 4 is 29.0 Å². The first-order valence-corrected chi connectivity index (χ1v) is 8.27. The van der Waals surface area contributed by atoms with Gasteiger partial charge in [-0.3, -0.25) is 0 Å². The van der Waals surface area contributed by atoms with Gasteiger partial charge in [-0.25, -0.2) is 14.2 Å². The SMILES string of the molecule is CC(C)(C)OC(=O)N1CCC(F)(c2ncc(CCl)s2)CC1. The van der Waals surface area contributed by atoms with Gasteiger partial charge in [-0.2, -0.15) is 0 Å². The summed E-state index contributed by atoms with van der Waals surface area (Å²) in [4.78, 5) is 18.5. The number of carbonyl (C=O) groups is 1. The van der Waals surface area contributed by atoms with Crippen molar-refractivity contribution in [3.8, 4) is 0 Å². The fraction of sp³-hybridized carbons (Fsp3) is 0.714. The second kappa shape index (κ2) is 6.08.